The van der Waals surface area contributed by atoms with E-state index in [0.29, 0.717) is 6.42 Å². The Hall–Kier alpha value is -1.66. The molecule has 3 heteroatoms. The Labute approximate surface area is 92.8 Å². The summed E-state index contributed by atoms with van der Waals surface area (Å²) >= 11 is 1.60. The number of hydrogen-bond donors (Lipinski definition) is 0. The lowest BCUT2D eigenvalue weighted by molar-refractivity contribution is 1.14. The van der Waals surface area contributed by atoms with E-state index >= 15 is 0 Å². The van der Waals surface area contributed by atoms with Gasteiger partial charge in [0.05, 0.1) is 23.1 Å². The summed E-state index contributed by atoms with van der Waals surface area (Å²) in [5, 5.41) is 9.50. The Kier molecular flexibility index (Phi) is 2.79. The molecule has 1 aromatic carbocycles. The van der Waals surface area contributed by atoms with Gasteiger partial charge < -0.3 is 0 Å². The van der Waals surface area contributed by atoms with Crippen LogP contribution in [-0.2, 0) is 6.42 Å². The lowest BCUT2D eigenvalue weighted by atomic mass is 10.2. The highest BCUT2D eigenvalue weighted by Gasteiger charge is 2.08. The standard InChI is InChI=1S/C12H10N2S/c1-9-12(10-5-3-2-4-6-10)15-11(14-9)7-8-13/h2-6H,7H2,1H3. The molecule has 2 rings (SSSR count). The Morgan fingerprint density at radius 2 is 2.07 bits per heavy atom. The summed E-state index contributed by atoms with van der Waals surface area (Å²) < 4.78 is 0. The molecule has 0 bridgehead atoms. The normalized spacial score (nSPS) is 9.87. The Morgan fingerprint density at radius 1 is 1.33 bits per heavy atom. The fraction of sp³-hybridized carbons (Fsp3) is 0.167. The maximum Gasteiger partial charge on any atom is 0.108 e. The number of aryl methyl sites for hydroxylation is 1. The summed E-state index contributed by atoms with van der Waals surface area (Å²) in [4.78, 5) is 5.54. The molecule has 0 radical (unpaired) electrons. The van der Waals surface area contributed by atoms with Gasteiger partial charge in [-0.1, -0.05) is 30.3 Å². The van der Waals surface area contributed by atoms with E-state index in [0.717, 1.165) is 10.7 Å². The van der Waals surface area contributed by atoms with Crippen LogP contribution < -0.4 is 0 Å². The average molecular weight is 214 g/mol. The van der Waals surface area contributed by atoms with Crippen molar-refractivity contribution in [2.24, 2.45) is 0 Å². The van der Waals surface area contributed by atoms with Crippen molar-refractivity contribution < 1.29 is 0 Å². The third-order valence-electron chi connectivity index (χ3n) is 2.11. The molecule has 15 heavy (non-hydrogen) atoms. The van der Waals surface area contributed by atoms with Crippen LogP contribution in [0.15, 0.2) is 30.3 Å². The molecule has 2 aromatic rings. The molecule has 0 N–H and O–H groups in total. The van der Waals surface area contributed by atoms with Gasteiger partial charge in [0.15, 0.2) is 0 Å². The first kappa shape index (κ1) is 9.88. The van der Waals surface area contributed by atoms with Crippen molar-refractivity contribution in [1.82, 2.24) is 4.98 Å². The van der Waals surface area contributed by atoms with E-state index in [1.807, 2.05) is 25.1 Å². The zero-order valence-electron chi connectivity index (χ0n) is 8.40. The van der Waals surface area contributed by atoms with Crippen LogP contribution in [0.3, 0.4) is 0 Å². The fourth-order valence-corrected chi connectivity index (χ4v) is 2.46. The number of hydrogen-bond acceptors (Lipinski definition) is 3. The van der Waals surface area contributed by atoms with Crippen molar-refractivity contribution in [3.05, 3.63) is 41.0 Å². The fourth-order valence-electron chi connectivity index (χ4n) is 1.45. The molecule has 0 saturated carbocycles. The van der Waals surface area contributed by atoms with Crippen LogP contribution >= 0.6 is 11.3 Å². The van der Waals surface area contributed by atoms with Crippen LogP contribution in [0.2, 0.25) is 0 Å². The molecule has 0 atom stereocenters. The van der Waals surface area contributed by atoms with E-state index in [2.05, 4.69) is 23.2 Å². The summed E-state index contributed by atoms with van der Waals surface area (Å²) in [7, 11) is 0. The van der Waals surface area contributed by atoms with Gasteiger partial charge in [-0.25, -0.2) is 4.98 Å². The van der Waals surface area contributed by atoms with Crippen molar-refractivity contribution in [2.45, 2.75) is 13.3 Å². The van der Waals surface area contributed by atoms with Crippen molar-refractivity contribution in [3.63, 3.8) is 0 Å². The lowest BCUT2D eigenvalue weighted by Gasteiger charge is -1.96. The summed E-state index contributed by atoms with van der Waals surface area (Å²) in [5.74, 6) is 0. The third kappa shape index (κ3) is 2.05. The van der Waals surface area contributed by atoms with Crippen LogP contribution in [-0.4, -0.2) is 4.98 Å². The molecule has 0 aliphatic carbocycles. The van der Waals surface area contributed by atoms with E-state index in [4.69, 9.17) is 5.26 Å². The first-order valence-electron chi connectivity index (χ1n) is 4.70. The molecular weight excluding hydrogens is 204 g/mol. The van der Waals surface area contributed by atoms with E-state index in [1.165, 1.54) is 10.4 Å². The van der Waals surface area contributed by atoms with Gasteiger partial charge in [-0.05, 0) is 12.5 Å². The van der Waals surface area contributed by atoms with Crippen LogP contribution in [0.5, 0.6) is 0 Å². The van der Waals surface area contributed by atoms with Gasteiger partial charge in [-0.2, -0.15) is 5.26 Å². The number of nitrogens with zero attached hydrogens (tertiary/aromatic N) is 2. The van der Waals surface area contributed by atoms with Crippen LogP contribution in [0, 0.1) is 18.3 Å². The summed E-state index contributed by atoms with van der Waals surface area (Å²) in [6.45, 7) is 1.99. The highest BCUT2D eigenvalue weighted by molar-refractivity contribution is 7.15. The van der Waals surface area contributed by atoms with Gasteiger partial charge >= 0.3 is 0 Å². The minimum atomic E-state index is 0.401. The third-order valence-corrected chi connectivity index (χ3v) is 3.31. The first-order chi connectivity index (χ1) is 7.31. The predicted molar refractivity (Wildman–Crippen MR) is 61.6 cm³/mol. The number of thiazole rings is 1. The van der Waals surface area contributed by atoms with E-state index in [1.54, 1.807) is 11.3 Å². The van der Waals surface area contributed by atoms with Crippen molar-refractivity contribution in [2.75, 3.05) is 0 Å². The van der Waals surface area contributed by atoms with Gasteiger partial charge in [-0.3, -0.25) is 0 Å². The predicted octanol–water partition coefficient (Wildman–Crippen LogP) is 3.18. The molecule has 74 valence electrons. The van der Waals surface area contributed by atoms with Crippen molar-refractivity contribution >= 4 is 11.3 Å². The molecule has 0 aliphatic rings. The van der Waals surface area contributed by atoms with Crippen LogP contribution in [0.25, 0.3) is 10.4 Å². The molecule has 0 fully saturated rings. The zero-order chi connectivity index (χ0) is 10.7. The smallest absolute Gasteiger partial charge is 0.108 e. The SMILES string of the molecule is Cc1nc(CC#N)sc1-c1ccccc1. The molecule has 2 nitrogen and oxygen atoms in total. The molecular formula is C12H10N2S. The number of rotatable bonds is 2. The highest BCUT2D eigenvalue weighted by atomic mass is 32.1. The van der Waals surface area contributed by atoms with Crippen LogP contribution in [0.4, 0.5) is 0 Å². The Morgan fingerprint density at radius 3 is 2.73 bits per heavy atom. The second-order valence-electron chi connectivity index (χ2n) is 3.22. The second kappa shape index (κ2) is 4.24. The number of nitriles is 1. The van der Waals surface area contributed by atoms with Gasteiger partial charge in [0, 0.05) is 0 Å². The molecule has 0 aliphatic heterocycles. The van der Waals surface area contributed by atoms with Gasteiger partial charge in [0.2, 0.25) is 0 Å². The first-order valence-corrected chi connectivity index (χ1v) is 5.51. The van der Waals surface area contributed by atoms with Crippen LogP contribution in [0.1, 0.15) is 10.7 Å². The lowest BCUT2D eigenvalue weighted by Crippen LogP contribution is -1.79. The van der Waals surface area contributed by atoms with Crippen molar-refractivity contribution in [3.8, 4) is 16.5 Å². The Balaban J connectivity index is 2.42. The molecule has 0 amide bonds. The largest absolute Gasteiger partial charge is 0.245 e. The quantitative estimate of drug-likeness (QED) is 0.769. The van der Waals surface area contributed by atoms with Gasteiger partial charge in [-0.15, -0.1) is 11.3 Å². The number of benzene rings is 1. The molecule has 1 heterocycles. The minimum absolute atomic E-state index is 0.401. The van der Waals surface area contributed by atoms with E-state index < -0.39 is 0 Å². The summed E-state index contributed by atoms with van der Waals surface area (Å²) in [5.41, 5.74) is 2.19. The molecule has 0 spiro atoms. The zero-order valence-corrected chi connectivity index (χ0v) is 9.21. The summed E-state index contributed by atoms with van der Waals surface area (Å²) in [6, 6.07) is 12.3. The van der Waals surface area contributed by atoms with Gasteiger partial charge in [0.25, 0.3) is 0 Å². The Bertz CT molecular complexity index is 494. The molecule has 0 saturated heterocycles. The topological polar surface area (TPSA) is 36.7 Å². The minimum Gasteiger partial charge on any atom is -0.245 e. The maximum absolute atomic E-state index is 8.61. The molecule has 1 aromatic heterocycles. The van der Waals surface area contributed by atoms with E-state index in [-0.39, 0.29) is 0 Å². The van der Waals surface area contributed by atoms with E-state index in [9.17, 15) is 0 Å². The highest BCUT2D eigenvalue weighted by Crippen LogP contribution is 2.29. The molecule has 0 unspecified atom stereocenters. The average Bonchev–Trinajstić information content (AvgIpc) is 2.61. The number of aromatic nitrogens is 1. The van der Waals surface area contributed by atoms with Crippen molar-refractivity contribution in [1.29, 1.82) is 5.26 Å². The van der Waals surface area contributed by atoms with Gasteiger partial charge in [0.1, 0.15) is 5.01 Å². The second-order valence-corrected chi connectivity index (χ2v) is 4.31. The monoisotopic (exact) mass is 214 g/mol. The summed E-state index contributed by atoms with van der Waals surface area (Å²) in [6.07, 6.45) is 0.401. The maximum atomic E-state index is 8.61.